The van der Waals surface area contributed by atoms with Gasteiger partial charge >= 0.3 is 0 Å². The normalized spacial score (nSPS) is 22.2. The first-order valence-electron chi connectivity index (χ1n) is 8.33. The predicted octanol–water partition coefficient (Wildman–Crippen LogP) is 2.22. The van der Waals surface area contributed by atoms with Gasteiger partial charge in [-0.05, 0) is 23.4 Å². The number of nitrogens with one attached hydrogen (secondary N) is 1. The molecule has 8 nitrogen and oxygen atoms in total. The Morgan fingerprint density at radius 1 is 1.12 bits per heavy atom. The zero-order valence-electron chi connectivity index (χ0n) is 13.6. The SMILES string of the molecule is Fc1ccc(Cl)c(N2CC3CN(c4cc(-c5nn[nH]n5)on4)CC3C2)c1. The predicted molar refractivity (Wildman–Crippen MR) is 92.5 cm³/mol. The van der Waals surface area contributed by atoms with Gasteiger partial charge in [0.2, 0.25) is 11.6 Å². The molecule has 4 heterocycles. The van der Waals surface area contributed by atoms with E-state index in [0.717, 1.165) is 37.7 Å². The minimum absolute atomic E-state index is 0.264. The third kappa shape index (κ3) is 2.59. The highest BCUT2D eigenvalue weighted by molar-refractivity contribution is 6.33. The summed E-state index contributed by atoms with van der Waals surface area (Å²) in [5.41, 5.74) is 0.772. The Bertz CT molecular complexity index is 917. The monoisotopic (exact) mass is 375 g/mol. The summed E-state index contributed by atoms with van der Waals surface area (Å²) < 4.78 is 18.9. The number of fused-ring (bicyclic) bond motifs is 1. The summed E-state index contributed by atoms with van der Waals surface area (Å²) in [5, 5.41) is 18.4. The molecule has 0 aliphatic carbocycles. The maximum absolute atomic E-state index is 13.6. The Balaban J connectivity index is 1.29. The van der Waals surface area contributed by atoms with Crippen LogP contribution in [0.5, 0.6) is 0 Å². The number of hydrogen-bond donors (Lipinski definition) is 1. The van der Waals surface area contributed by atoms with E-state index in [2.05, 4.69) is 35.6 Å². The van der Waals surface area contributed by atoms with E-state index in [1.54, 1.807) is 6.07 Å². The lowest BCUT2D eigenvalue weighted by atomic mass is 10.0. The summed E-state index contributed by atoms with van der Waals surface area (Å²) in [4.78, 5) is 4.37. The molecule has 2 unspecified atom stereocenters. The highest BCUT2D eigenvalue weighted by atomic mass is 35.5. The molecule has 134 valence electrons. The maximum Gasteiger partial charge on any atom is 0.242 e. The van der Waals surface area contributed by atoms with E-state index in [0.29, 0.717) is 28.4 Å². The van der Waals surface area contributed by atoms with E-state index in [9.17, 15) is 4.39 Å². The van der Waals surface area contributed by atoms with E-state index in [1.165, 1.54) is 12.1 Å². The Hall–Kier alpha value is -2.68. The van der Waals surface area contributed by atoms with Gasteiger partial charge in [-0.15, -0.1) is 10.2 Å². The lowest BCUT2D eigenvalue weighted by Gasteiger charge is -2.23. The molecular weight excluding hydrogens is 361 g/mol. The number of rotatable bonds is 3. The van der Waals surface area contributed by atoms with Crippen LogP contribution in [-0.2, 0) is 0 Å². The molecule has 10 heteroatoms. The molecule has 26 heavy (non-hydrogen) atoms. The third-order valence-corrected chi connectivity index (χ3v) is 5.44. The summed E-state index contributed by atoms with van der Waals surface area (Å²) in [5.74, 6) is 2.32. The highest BCUT2D eigenvalue weighted by Gasteiger charge is 2.41. The largest absolute Gasteiger partial charge is 0.370 e. The molecule has 1 aromatic carbocycles. The van der Waals surface area contributed by atoms with E-state index in [-0.39, 0.29) is 5.82 Å². The van der Waals surface area contributed by atoms with Gasteiger partial charge in [-0.3, -0.25) is 0 Å². The van der Waals surface area contributed by atoms with Gasteiger partial charge in [0, 0.05) is 44.1 Å². The van der Waals surface area contributed by atoms with Crippen LogP contribution < -0.4 is 9.80 Å². The van der Waals surface area contributed by atoms with Crippen molar-refractivity contribution in [2.75, 3.05) is 36.0 Å². The molecule has 1 N–H and O–H groups in total. The molecule has 3 aromatic rings. The number of nitrogens with zero attached hydrogens (tertiary/aromatic N) is 6. The average Bonchev–Trinajstić information content (AvgIpc) is 3.39. The summed E-state index contributed by atoms with van der Waals surface area (Å²) in [6, 6.07) is 6.33. The molecule has 2 saturated heterocycles. The minimum atomic E-state index is -0.264. The molecule has 0 spiro atoms. The van der Waals surface area contributed by atoms with Gasteiger partial charge in [-0.25, -0.2) is 4.39 Å². The fourth-order valence-electron chi connectivity index (χ4n) is 3.89. The lowest BCUT2D eigenvalue weighted by molar-refractivity contribution is 0.429. The first-order valence-corrected chi connectivity index (χ1v) is 8.70. The van der Waals surface area contributed by atoms with Gasteiger partial charge in [0.05, 0.1) is 10.7 Å². The smallest absolute Gasteiger partial charge is 0.242 e. The first kappa shape index (κ1) is 15.6. The Labute approximate surface area is 152 Å². The standard InChI is InChI=1S/C16H15ClFN7O/c17-12-2-1-11(18)3-13(12)24-5-9-7-25(8-10(9)6-24)15-4-14(26-21-15)16-19-22-23-20-16/h1-4,9-10H,5-8H2,(H,19,20,22,23). The molecule has 2 aliphatic rings. The second kappa shape index (κ2) is 5.94. The van der Waals surface area contributed by atoms with Crippen LogP contribution in [0, 0.1) is 17.7 Å². The van der Waals surface area contributed by atoms with Crippen molar-refractivity contribution >= 4 is 23.1 Å². The summed E-state index contributed by atoms with van der Waals surface area (Å²) >= 11 is 6.25. The molecule has 2 aromatic heterocycles. The van der Waals surface area contributed by atoms with Crippen LogP contribution in [0.1, 0.15) is 0 Å². The Kier molecular flexibility index (Phi) is 3.56. The van der Waals surface area contributed by atoms with Crippen molar-refractivity contribution in [2.24, 2.45) is 11.8 Å². The van der Waals surface area contributed by atoms with Crippen molar-refractivity contribution in [3.63, 3.8) is 0 Å². The minimum Gasteiger partial charge on any atom is -0.370 e. The van der Waals surface area contributed by atoms with Gasteiger partial charge in [0.15, 0.2) is 5.82 Å². The van der Waals surface area contributed by atoms with Crippen LogP contribution >= 0.6 is 11.6 Å². The van der Waals surface area contributed by atoms with E-state index >= 15 is 0 Å². The molecule has 5 rings (SSSR count). The number of aromatic amines is 1. The number of benzene rings is 1. The number of aromatic nitrogens is 5. The fourth-order valence-corrected chi connectivity index (χ4v) is 4.13. The van der Waals surface area contributed by atoms with Crippen LogP contribution in [0.25, 0.3) is 11.6 Å². The van der Waals surface area contributed by atoms with Crippen molar-refractivity contribution in [3.05, 3.63) is 35.1 Å². The van der Waals surface area contributed by atoms with Crippen molar-refractivity contribution in [3.8, 4) is 11.6 Å². The highest BCUT2D eigenvalue weighted by Crippen LogP contribution is 2.38. The van der Waals surface area contributed by atoms with Crippen LogP contribution in [0.4, 0.5) is 15.9 Å². The Morgan fingerprint density at radius 2 is 1.88 bits per heavy atom. The molecule has 0 bridgehead atoms. The van der Waals surface area contributed by atoms with Gasteiger partial charge < -0.3 is 14.3 Å². The number of H-pyrrole nitrogens is 1. The second-order valence-electron chi connectivity index (χ2n) is 6.71. The number of anilines is 2. The third-order valence-electron chi connectivity index (χ3n) is 5.12. The van der Waals surface area contributed by atoms with E-state index in [1.807, 2.05) is 6.07 Å². The van der Waals surface area contributed by atoms with Crippen LogP contribution in [0.3, 0.4) is 0 Å². The number of hydrogen-bond acceptors (Lipinski definition) is 7. The quantitative estimate of drug-likeness (QED) is 0.751. The maximum atomic E-state index is 13.6. The van der Waals surface area contributed by atoms with E-state index in [4.69, 9.17) is 16.1 Å². The summed E-state index contributed by atoms with van der Waals surface area (Å²) in [7, 11) is 0. The molecule has 0 radical (unpaired) electrons. The molecule has 0 saturated carbocycles. The topological polar surface area (TPSA) is 87.0 Å². The zero-order chi connectivity index (χ0) is 17.7. The van der Waals surface area contributed by atoms with E-state index < -0.39 is 0 Å². The molecule has 0 amide bonds. The number of tetrazole rings is 1. The molecule has 2 aliphatic heterocycles. The van der Waals surface area contributed by atoms with Gasteiger partial charge in [0.1, 0.15) is 5.82 Å². The number of halogens is 2. The van der Waals surface area contributed by atoms with Crippen LogP contribution in [0.15, 0.2) is 28.8 Å². The van der Waals surface area contributed by atoms with Crippen molar-refractivity contribution in [1.82, 2.24) is 25.8 Å². The zero-order valence-corrected chi connectivity index (χ0v) is 14.4. The lowest BCUT2D eigenvalue weighted by Crippen LogP contribution is -2.29. The van der Waals surface area contributed by atoms with Gasteiger partial charge in [-0.1, -0.05) is 16.8 Å². The molecule has 2 atom stereocenters. The van der Waals surface area contributed by atoms with Crippen molar-refractivity contribution in [1.29, 1.82) is 0 Å². The van der Waals surface area contributed by atoms with Crippen molar-refractivity contribution in [2.45, 2.75) is 0 Å². The first-order chi connectivity index (χ1) is 12.7. The molecule has 2 fully saturated rings. The summed E-state index contributed by atoms with van der Waals surface area (Å²) in [6.45, 7) is 3.43. The van der Waals surface area contributed by atoms with Crippen molar-refractivity contribution < 1.29 is 8.91 Å². The van der Waals surface area contributed by atoms with Crippen LogP contribution in [0.2, 0.25) is 5.02 Å². The van der Waals surface area contributed by atoms with Crippen LogP contribution in [-0.4, -0.2) is 52.0 Å². The average molecular weight is 376 g/mol. The van der Waals surface area contributed by atoms with Gasteiger partial charge in [0.25, 0.3) is 0 Å². The summed E-state index contributed by atoms with van der Waals surface area (Å²) in [6.07, 6.45) is 0. The second-order valence-corrected chi connectivity index (χ2v) is 7.12. The Morgan fingerprint density at radius 3 is 2.62 bits per heavy atom. The molecular formula is C16H15ClFN7O. The van der Waals surface area contributed by atoms with Gasteiger partial charge in [-0.2, -0.15) is 5.21 Å². The fraction of sp³-hybridized carbons (Fsp3) is 0.375.